The van der Waals surface area contributed by atoms with Crippen molar-refractivity contribution >= 4 is 39.4 Å². The fraction of sp³-hybridized carbons (Fsp3) is 0.515. The Morgan fingerprint density at radius 1 is 0.935 bits per heavy atom. The van der Waals surface area contributed by atoms with Gasteiger partial charge < -0.3 is 15.1 Å². The number of pyridine rings is 1. The van der Waals surface area contributed by atoms with E-state index in [2.05, 4.69) is 48.2 Å². The van der Waals surface area contributed by atoms with Crippen molar-refractivity contribution in [3.63, 3.8) is 0 Å². The second-order valence-electron chi connectivity index (χ2n) is 13.5. The Hall–Kier alpha value is -3.97. The molecule has 1 aliphatic heterocycles. The first-order valence-electron chi connectivity index (χ1n) is 15.7. The highest BCUT2D eigenvalue weighted by Gasteiger charge is 2.38. The van der Waals surface area contributed by atoms with Crippen LogP contribution < -0.4 is 15.5 Å². The molecule has 3 amide bonds. The number of amides is 3. The summed E-state index contributed by atoms with van der Waals surface area (Å²) < 4.78 is 27.6. The third-order valence-electron chi connectivity index (χ3n) is 8.37. The van der Waals surface area contributed by atoms with Crippen LogP contribution in [0, 0.1) is 12.3 Å². The lowest BCUT2D eigenvalue weighted by Crippen LogP contribution is -2.53. The number of hydrogen-bond acceptors (Lipinski definition) is 7. The summed E-state index contributed by atoms with van der Waals surface area (Å²) in [5.74, 6) is 1.75. The molecule has 46 heavy (non-hydrogen) atoms. The molecule has 0 bridgehead atoms. The molecule has 12 nitrogen and oxygen atoms in total. The van der Waals surface area contributed by atoms with Gasteiger partial charge in [0.1, 0.15) is 11.6 Å². The van der Waals surface area contributed by atoms with Crippen molar-refractivity contribution in [1.29, 1.82) is 0 Å². The number of carbonyl (C=O) groups excluding carboxylic acids is 2. The Kier molecular flexibility index (Phi) is 10.8. The smallest absolute Gasteiger partial charge is 0.324 e. The molecule has 2 aromatic heterocycles. The van der Waals surface area contributed by atoms with Crippen LogP contribution in [0.4, 0.5) is 22.1 Å². The van der Waals surface area contributed by atoms with Gasteiger partial charge in [-0.05, 0) is 44.0 Å². The van der Waals surface area contributed by atoms with Gasteiger partial charge in [-0.2, -0.15) is 13.5 Å². The van der Waals surface area contributed by atoms with E-state index >= 15 is 0 Å². The fourth-order valence-electron chi connectivity index (χ4n) is 5.71. The van der Waals surface area contributed by atoms with Gasteiger partial charge in [-0.1, -0.05) is 64.7 Å². The molecule has 1 saturated heterocycles. The highest BCUT2D eigenvalue weighted by atomic mass is 32.2. The van der Waals surface area contributed by atoms with Crippen LogP contribution in [0.2, 0.25) is 0 Å². The quantitative estimate of drug-likeness (QED) is 0.300. The van der Waals surface area contributed by atoms with Crippen LogP contribution in [0.1, 0.15) is 71.1 Å². The minimum Gasteiger partial charge on any atom is -0.353 e. The Bertz CT molecular complexity index is 1590. The summed E-state index contributed by atoms with van der Waals surface area (Å²) in [4.78, 5) is 35.0. The number of anilines is 3. The van der Waals surface area contributed by atoms with E-state index in [1.165, 1.54) is 6.42 Å². The number of nitrogens with one attached hydrogen (secondary N) is 2. The first kappa shape index (κ1) is 34.9. The van der Waals surface area contributed by atoms with Crippen LogP contribution in [0.5, 0.6) is 0 Å². The third-order valence-corrected chi connectivity index (χ3v) is 8.37. The monoisotopic (exact) mass is 653 g/mol. The Labute approximate surface area is 272 Å². The normalized spacial score (nSPS) is 16.7. The van der Waals surface area contributed by atoms with E-state index in [1.54, 1.807) is 10.9 Å². The van der Waals surface area contributed by atoms with Gasteiger partial charge in [-0.3, -0.25) is 14.7 Å². The predicted octanol–water partition coefficient (Wildman–Crippen LogP) is 5.64. The lowest BCUT2D eigenvalue weighted by atomic mass is 9.74. The molecule has 2 fully saturated rings. The summed E-state index contributed by atoms with van der Waals surface area (Å²) >= 11 is 0. The van der Waals surface area contributed by atoms with Crippen molar-refractivity contribution in [3.05, 3.63) is 59.9 Å². The lowest BCUT2D eigenvalue weighted by molar-refractivity contribution is -0.143. The molecule has 3 heterocycles. The van der Waals surface area contributed by atoms with Gasteiger partial charge in [0, 0.05) is 43.1 Å². The molecule has 3 aromatic rings. The molecule has 0 radical (unpaired) electrons. The average Bonchev–Trinajstić information content (AvgIpc) is 3.41. The topological polar surface area (TPSA) is 150 Å². The second kappa shape index (κ2) is 14.2. The van der Waals surface area contributed by atoms with Crippen LogP contribution >= 0.6 is 0 Å². The zero-order valence-corrected chi connectivity index (χ0v) is 28.5. The largest absolute Gasteiger partial charge is 0.353 e. The number of aryl methyl sites for hydroxylation is 1. The molecule has 0 unspecified atom stereocenters. The summed E-state index contributed by atoms with van der Waals surface area (Å²) in [7, 11) is -3.67. The number of aromatic nitrogens is 3. The number of piperazine rings is 1. The van der Waals surface area contributed by atoms with Gasteiger partial charge >= 0.3 is 6.03 Å². The Morgan fingerprint density at radius 2 is 1.54 bits per heavy atom. The maximum absolute atomic E-state index is 13.2. The zero-order valence-electron chi connectivity index (χ0n) is 27.7. The number of rotatable bonds is 5. The maximum atomic E-state index is 13.2. The number of carbonyl (C=O) groups is 2. The summed E-state index contributed by atoms with van der Waals surface area (Å²) in [6.45, 7) is 13.4. The predicted molar refractivity (Wildman–Crippen MR) is 181 cm³/mol. The summed E-state index contributed by atoms with van der Waals surface area (Å²) in [5.41, 5.74) is 3.15. The molecule has 2 aliphatic rings. The molecule has 3 N–H and O–H groups in total. The summed E-state index contributed by atoms with van der Waals surface area (Å²) in [6.07, 6.45) is 7.94. The summed E-state index contributed by atoms with van der Waals surface area (Å²) in [6, 6.07) is 13.4. The molecule has 5 rings (SSSR count). The first-order valence-corrected chi connectivity index (χ1v) is 17.6. The van der Waals surface area contributed by atoms with Crippen LogP contribution in [-0.2, 0) is 20.3 Å². The highest BCUT2D eigenvalue weighted by Crippen LogP contribution is 2.37. The minimum atomic E-state index is -3.67. The van der Waals surface area contributed by atoms with Crippen LogP contribution in [0.3, 0.4) is 0 Å². The van der Waals surface area contributed by atoms with Crippen LogP contribution in [-0.4, -0.2) is 77.0 Å². The van der Waals surface area contributed by atoms with E-state index in [0.717, 1.165) is 61.5 Å². The van der Waals surface area contributed by atoms with Crippen molar-refractivity contribution in [3.8, 4) is 5.69 Å². The highest BCUT2D eigenvalue weighted by molar-refractivity contribution is 7.85. The molecule has 0 atom stereocenters. The first-order chi connectivity index (χ1) is 21.5. The molecular weight excluding hydrogens is 606 g/mol. The molecule has 250 valence electrons. The van der Waals surface area contributed by atoms with Gasteiger partial charge in [0.05, 0.1) is 29.5 Å². The Morgan fingerprint density at radius 3 is 2.09 bits per heavy atom. The van der Waals surface area contributed by atoms with E-state index < -0.39 is 10.1 Å². The molecular formula is C33H47N7O5S. The molecule has 13 heteroatoms. The standard InChI is InChI=1S/C32H43N7O2.CH4O3S/c1-23-9-12-25(13-10-23)39-28(21-26(36-39)31(2,3)4)35-30(41)34-24-11-14-27(33-22-24)37-17-19-38(20-18-37)29(40)32(5)15-7-6-8-16-32;1-5(2,3)4/h9-14,21-22H,6-8,15-20H2,1-5H3,(H2,34,35,41);1H3,(H,2,3,4). The zero-order chi connectivity index (χ0) is 33.7. The summed E-state index contributed by atoms with van der Waals surface area (Å²) in [5, 5.41) is 10.6. The van der Waals surface area contributed by atoms with Crippen molar-refractivity contribution in [1.82, 2.24) is 19.7 Å². The van der Waals surface area contributed by atoms with E-state index in [0.29, 0.717) is 36.8 Å². The molecule has 0 spiro atoms. The second-order valence-corrected chi connectivity index (χ2v) is 15.0. The minimum absolute atomic E-state index is 0.171. The molecule has 1 aromatic carbocycles. The van der Waals surface area contributed by atoms with E-state index in [9.17, 15) is 18.0 Å². The molecule has 1 aliphatic carbocycles. The average molecular weight is 654 g/mol. The van der Waals surface area contributed by atoms with Gasteiger partial charge in [0.25, 0.3) is 10.1 Å². The van der Waals surface area contributed by atoms with E-state index in [4.69, 9.17) is 9.65 Å². The number of hydrogen-bond donors (Lipinski definition) is 3. The van der Waals surface area contributed by atoms with Gasteiger partial charge in [-0.25, -0.2) is 14.5 Å². The number of benzene rings is 1. The van der Waals surface area contributed by atoms with Crippen LogP contribution in [0.25, 0.3) is 5.69 Å². The van der Waals surface area contributed by atoms with E-state index in [-0.39, 0.29) is 16.9 Å². The lowest BCUT2D eigenvalue weighted by Gasteiger charge is -2.41. The van der Waals surface area contributed by atoms with Crippen molar-refractivity contribution in [2.45, 2.75) is 72.1 Å². The van der Waals surface area contributed by atoms with Crippen molar-refractivity contribution in [2.75, 3.05) is 48.0 Å². The van der Waals surface area contributed by atoms with Gasteiger partial charge in [0.15, 0.2) is 0 Å². The molecule has 1 saturated carbocycles. The van der Waals surface area contributed by atoms with Gasteiger partial charge in [0.2, 0.25) is 5.91 Å². The Balaban J connectivity index is 0.000000892. The van der Waals surface area contributed by atoms with Crippen LogP contribution in [0.15, 0.2) is 48.7 Å². The maximum Gasteiger partial charge on any atom is 0.324 e. The number of urea groups is 1. The van der Waals surface area contributed by atoms with Gasteiger partial charge in [-0.15, -0.1) is 0 Å². The fourth-order valence-corrected chi connectivity index (χ4v) is 5.71. The van der Waals surface area contributed by atoms with Crippen molar-refractivity contribution < 1.29 is 22.6 Å². The SMILES string of the molecule is CS(=O)(=O)O.Cc1ccc(-n2nc(C(C)(C)C)cc2NC(=O)Nc2ccc(N3CCN(C(=O)C4(C)CCCCC4)CC3)nc2)cc1. The number of nitrogens with zero attached hydrogens (tertiary/aromatic N) is 5. The third kappa shape index (κ3) is 9.52. The van der Waals surface area contributed by atoms with E-state index in [1.807, 2.05) is 54.3 Å². The van der Waals surface area contributed by atoms with Crippen molar-refractivity contribution in [2.24, 2.45) is 5.41 Å².